The largest absolute Gasteiger partial charge is 0.388 e. The highest BCUT2D eigenvalue weighted by Crippen LogP contribution is 2.12. The molecule has 0 amide bonds. The van der Waals surface area contributed by atoms with Gasteiger partial charge in [-0.25, -0.2) is 13.1 Å². The normalized spacial score (nSPS) is 13.4. The Morgan fingerprint density at radius 3 is 2.45 bits per heavy atom. The van der Waals surface area contributed by atoms with Crippen LogP contribution in [0.2, 0.25) is 0 Å². The highest BCUT2D eigenvalue weighted by Gasteiger charge is 2.18. The number of sulfonamides is 1. The van der Waals surface area contributed by atoms with Crippen LogP contribution in [0.4, 0.5) is 0 Å². The molecule has 0 saturated carbocycles. The van der Waals surface area contributed by atoms with Crippen molar-refractivity contribution in [2.45, 2.75) is 44.6 Å². The summed E-state index contributed by atoms with van der Waals surface area (Å²) in [6.07, 6.45) is 3.05. The van der Waals surface area contributed by atoms with E-state index in [1.165, 1.54) is 18.3 Å². The quantitative estimate of drug-likeness (QED) is 0.750. The van der Waals surface area contributed by atoms with Gasteiger partial charge in [0.15, 0.2) is 0 Å². The zero-order valence-corrected chi connectivity index (χ0v) is 13.6. The maximum absolute atomic E-state index is 12.2. The summed E-state index contributed by atoms with van der Waals surface area (Å²) in [5, 5.41) is 0. The number of pyridine rings is 1. The first-order chi connectivity index (χ1) is 9.22. The van der Waals surface area contributed by atoms with Gasteiger partial charge in [0.25, 0.3) is 0 Å². The highest BCUT2D eigenvalue weighted by atomic mass is 32.2. The first kappa shape index (κ1) is 17.0. The van der Waals surface area contributed by atoms with Crippen LogP contribution >= 0.6 is 12.2 Å². The Morgan fingerprint density at radius 2 is 2.00 bits per heavy atom. The van der Waals surface area contributed by atoms with E-state index in [4.69, 9.17) is 18.0 Å². The molecule has 1 atom stereocenters. The van der Waals surface area contributed by atoms with Crippen LogP contribution in [-0.2, 0) is 10.0 Å². The van der Waals surface area contributed by atoms with E-state index < -0.39 is 10.0 Å². The molecule has 0 radical (unpaired) electrons. The number of hydrogen-bond donors (Lipinski definition) is 2. The topological polar surface area (TPSA) is 85.1 Å². The van der Waals surface area contributed by atoms with Gasteiger partial charge in [0, 0.05) is 12.2 Å². The van der Waals surface area contributed by atoms with E-state index in [1.807, 2.05) is 6.92 Å². The van der Waals surface area contributed by atoms with Crippen molar-refractivity contribution in [3.05, 3.63) is 24.0 Å². The molecule has 3 N–H and O–H groups in total. The van der Waals surface area contributed by atoms with Crippen molar-refractivity contribution in [2.75, 3.05) is 0 Å². The minimum atomic E-state index is -3.55. The zero-order valence-electron chi connectivity index (χ0n) is 12.0. The van der Waals surface area contributed by atoms with Gasteiger partial charge in [-0.3, -0.25) is 4.98 Å². The summed E-state index contributed by atoms with van der Waals surface area (Å²) in [5.41, 5.74) is 5.83. The van der Waals surface area contributed by atoms with E-state index in [2.05, 4.69) is 23.6 Å². The van der Waals surface area contributed by atoms with E-state index in [1.54, 1.807) is 0 Å². The second-order valence-electron chi connectivity index (χ2n) is 5.24. The van der Waals surface area contributed by atoms with Gasteiger partial charge in [0.05, 0.1) is 5.69 Å². The number of hydrogen-bond acceptors (Lipinski definition) is 4. The molecular weight excluding hydrogens is 294 g/mol. The minimum Gasteiger partial charge on any atom is -0.388 e. The molecule has 0 fully saturated rings. The molecule has 0 aliphatic rings. The van der Waals surface area contributed by atoms with Gasteiger partial charge in [0.2, 0.25) is 10.0 Å². The van der Waals surface area contributed by atoms with Gasteiger partial charge in [-0.05, 0) is 37.8 Å². The molecule has 1 unspecified atom stereocenters. The van der Waals surface area contributed by atoms with Crippen molar-refractivity contribution < 1.29 is 8.42 Å². The average Bonchev–Trinajstić information content (AvgIpc) is 2.36. The first-order valence-electron chi connectivity index (χ1n) is 6.50. The Kier molecular flexibility index (Phi) is 6.04. The van der Waals surface area contributed by atoms with Crippen LogP contribution < -0.4 is 10.5 Å². The smallest absolute Gasteiger partial charge is 0.242 e. The summed E-state index contributed by atoms with van der Waals surface area (Å²) in [6, 6.07) is 2.85. The number of aromatic nitrogens is 1. The highest BCUT2D eigenvalue weighted by molar-refractivity contribution is 7.89. The van der Waals surface area contributed by atoms with E-state index in [-0.39, 0.29) is 15.9 Å². The van der Waals surface area contributed by atoms with Crippen LogP contribution in [-0.4, -0.2) is 24.4 Å². The third-order valence-electron chi connectivity index (χ3n) is 2.83. The zero-order chi connectivity index (χ0) is 15.3. The van der Waals surface area contributed by atoms with Crippen LogP contribution in [0.1, 0.15) is 39.3 Å². The molecule has 0 bridgehead atoms. The molecule has 0 aliphatic carbocycles. The molecule has 1 heterocycles. The fourth-order valence-corrected chi connectivity index (χ4v) is 3.00. The monoisotopic (exact) mass is 315 g/mol. The Balaban J connectivity index is 2.75. The lowest BCUT2D eigenvalue weighted by Crippen LogP contribution is -2.33. The average molecular weight is 315 g/mol. The second-order valence-corrected chi connectivity index (χ2v) is 7.39. The molecular formula is C13H21N3O2S2. The molecule has 1 rings (SSSR count). The molecule has 0 aliphatic heterocycles. The Hall–Kier alpha value is -1.05. The number of thiocarbonyl (C=S) groups is 1. The van der Waals surface area contributed by atoms with Crippen molar-refractivity contribution in [2.24, 2.45) is 11.7 Å². The molecule has 112 valence electrons. The SMILES string of the molecule is CC(C)CCC(C)NS(=O)(=O)c1ccc(C(N)=S)nc1. The lowest BCUT2D eigenvalue weighted by Gasteiger charge is -2.15. The van der Waals surface area contributed by atoms with Crippen LogP contribution in [0.15, 0.2) is 23.2 Å². The minimum absolute atomic E-state index is 0.113. The van der Waals surface area contributed by atoms with Crippen LogP contribution in [0.3, 0.4) is 0 Å². The molecule has 0 aromatic carbocycles. The lowest BCUT2D eigenvalue weighted by molar-refractivity contribution is 0.485. The molecule has 1 aromatic rings. The van der Waals surface area contributed by atoms with Gasteiger partial charge >= 0.3 is 0 Å². The van der Waals surface area contributed by atoms with Gasteiger partial charge in [0.1, 0.15) is 9.88 Å². The summed E-state index contributed by atoms with van der Waals surface area (Å²) in [7, 11) is -3.55. The van der Waals surface area contributed by atoms with Gasteiger partial charge in [-0.1, -0.05) is 26.1 Å². The molecule has 7 heteroatoms. The van der Waals surface area contributed by atoms with Gasteiger partial charge < -0.3 is 5.73 Å². The number of nitrogens with two attached hydrogens (primary N) is 1. The second kappa shape index (κ2) is 7.10. The molecule has 0 saturated heterocycles. The van der Waals surface area contributed by atoms with Crippen molar-refractivity contribution in [3.63, 3.8) is 0 Å². The van der Waals surface area contributed by atoms with Gasteiger partial charge in [-0.15, -0.1) is 0 Å². The van der Waals surface area contributed by atoms with E-state index in [9.17, 15) is 8.42 Å². The Morgan fingerprint density at radius 1 is 1.35 bits per heavy atom. The maximum atomic E-state index is 12.2. The molecule has 0 spiro atoms. The van der Waals surface area contributed by atoms with Crippen molar-refractivity contribution in [1.29, 1.82) is 0 Å². The summed E-state index contributed by atoms with van der Waals surface area (Å²) < 4.78 is 27.0. The van der Waals surface area contributed by atoms with E-state index >= 15 is 0 Å². The summed E-state index contributed by atoms with van der Waals surface area (Å²) in [4.78, 5) is 4.21. The van der Waals surface area contributed by atoms with Crippen LogP contribution in [0, 0.1) is 5.92 Å². The fraction of sp³-hybridized carbons (Fsp3) is 0.538. The van der Waals surface area contributed by atoms with Crippen LogP contribution in [0.25, 0.3) is 0 Å². The standard InChI is InChI=1S/C13H21N3O2S2/c1-9(2)4-5-10(3)16-20(17,18)11-6-7-12(13(14)19)15-8-11/h6-10,16H,4-5H2,1-3H3,(H2,14,19). The number of nitrogens with zero attached hydrogens (tertiary/aromatic N) is 1. The van der Waals surface area contributed by atoms with Crippen molar-refractivity contribution in [1.82, 2.24) is 9.71 Å². The maximum Gasteiger partial charge on any atom is 0.242 e. The summed E-state index contributed by atoms with van der Waals surface area (Å²) in [6.45, 7) is 6.08. The third-order valence-corrected chi connectivity index (χ3v) is 4.62. The Labute approximate surface area is 126 Å². The van der Waals surface area contributed by atoms with Crippen molar-refractivity contribution >= 4 is 27.2 Å². The predicted molar refractivity (Wildman–Crippen MR) is 84.0 cm³/mol. The summed E-state index contributed by atoms with van der Waals surface area (Å²) in [5.74, 6) is 0.550. The van der Waals surface area contributed by atoms with Crippen LogP contribution in [0.5, 0.6) is 0 Å². The van der Waals surface area contributed by atoms with E-state index in [0.717, 1.165) is 12.8 Å². The number of rotatable bonds is 7. The third kappa shape index (κ3) is 5.15. The van der Waals surface area contributed by atoms with Gasteiger partial charge in [-0.2, -0.15) is 0 Å². The molecule has 5 nitrogen and oxygen atoms in total. The fourth-order valence-electron chi connectivity index (χ4n) is 1.66. The van der Waals surface area contributed by atoms with E-state index in [0.29, 0.717) is 11.6 Å². The summed E-state index contributed by atoms with van der Waals surface area (Å²) >= 11 is 4.78. The number of nitrogens with one attached hydrogen (secondary N) is 1. The molecule has 20 heavy (non-hydrogen) atoms. The Bertz CT molecular complexity index is 553. The predicted octanol–water partition coefficient (Wildman–Crippen LogP) is 1.82. The lowest BCUT2D eigenvalue weighted by atomic mass is 10.1. The molecule has 1 aromatic heterocycles. The first-order valence-corrected chi connectivity index (χ1v) is 8.39. The van der Waals surface area contributed by atoms with Crippen molar-refractivity contribution in [3.8, 4) is 0 Å².